The molecule has 3 aromatic rings. The zero-order valence-electron chi connectivity index (χ0n) is 17.2. The number of phenols is 1. The van der Waals surface area contributed by atoms with E-state index in [1.54, 1.807) is 18.2 Å². The fourth-order valence-electron chi connectivity index (χ4n) is 3.08. The van der Waals surface area contributed by atoms with Gasteiger partial charge in [0.25, 0.3) is 5.91 Å². The molecule has 0 fully saturated rings. The van der Waals surface area contributed by atoms with Crippen LogP contribution in [0.3, 0.4) is 0 Å². The Bertz CT molecular complexity index is 1200. The van der Waals surface area contributed by atoms with Gasteiger partial charge in [0.15, 0.2) is 0 Å². The van der Waals surface area contributed by atoms with Gasteiger partial charge in [0.1, 0.15) is 29.0 Å². The summed E-state index contributed by atoms with van der Waals surface area (Å²) < 4.78 is 20.1. The number of hydrogen-bond donors (Lipinski definition) is 2. The molecule has 5 nitrogen and oxygen atoms in total. The fourth-order valence-corrected chi connectivity index (χ4v) is 3.68. The first kappa shape index (κ1) is 23.0. The van der Waals surface area contributed by atoms with Gasteiger partial charge in [-0.15, -0.1) is 0 Å². The maximum atomic E-state index is 13.6. The van der Waals surface area contributed by atoms with Crippen LogP contribution in [-0.4, -0.2) is 17.6 Å². The summed E-state index contributed by atoms with van der Waals surface area (Å²) in [6, 6.07) is 17.7. The van der Waals surface area contributed by atoms with Crippen LogP contribution in [0.2, 0.25) is 0 Å². The highest BCUT2D eigenvalue weighted by molar-refractivity contribution is 9.10. The second-order valence-corrected chi connectivity index (χ2v) is 7.74. The fraction of sp³-hybridized carbons (Fsp3) is 0.120. The number of nitrogens with one attached hydrogen (secondary N) is 1. The monoisotopic (exact) mass is 494 g/mol. The summed E-state index contributed by atoms with van der Waals surface area (Å²) in [5, 5.41) is 21.5. The molecule has 1 amide bonds. The zero-order valence-corrected chi connectivity index (χ0v) is 18.8. The molecule has 0 aromatic heterocycles. The summed E-state index contributed by atoms with van der Waals surface area (Å²) in [5.74, 6) is -0.232. The Labute approximate surface area is 193 Å². The molecule has 3 rings (SSSR count). The van der Waals surface area contributed by atoms with Gasteiger partial charge in [0.2, 0.25) is 0 Å². The third-order valence-corrected chi connectivity index (χ3v) is 5.26. The molecule has 0 heterocycles. The number of amides is 1. The van der Waals surface area contributed by atoms with Crippen LogP contribution in [-0.2, 0) is 11.2 Å². The third kappa shape index (κ3) is 5.96. The number of hydrogen-bond acceptors (Lipinski definition) is 4. The Morgan fingerprint density at radius 3 is 2.62 bits per heavy atom. The average Bonchev–Trinajstić information content (AvgIpc) is 2.76. The topological polar surface area (TPSA) is 82.3 Å². The van der Waals surface area contributed by atoms with Crippen molar-refractivity contribution in [2.24, 2.45) is 0 Å². The lowest BCUT2D eigenvalue weighted by atomic mass is 10.0. The normalized spacial score (nSPS) is 11.0. The van der Waals surface area contributed by atoms with Gasteiger partial charge in [-0.2, -0.15) is 5.26 Å². The average molecular weight is 495 g/mol. The van der Waals surface area contributed by atoms with Gasteiger partial charge in [-0.1, -0.05) is 28.1 Å². The predicted molar refractivity (Wildman–Crippen MR) is 125 cm³/mol. The van der Waals surface area contributed by atoms with Gasteiger partial charge in [0, 0.05) is 22.1 Å². The van der Waals surface area contributed by atoms with Crippen LogP contribution in [0.4, 0.5) is 10.1 Å². The van der Waals surface area contributed by atoms with Gasteiger partial charge in [-0.25, -0.2) is 4.39 Å². The number of benzene rings is 3. The first-order valence-corrected chi connectivity index (χ1v) is 10.6. The zero-order chi connectivity index (χ0) is 23.1. The molecule has 0 saturated carbocycles. The summed E-state index contributed by atoms with van der Waals surface area (Å²) in [6.07, 6.45) is 1.92. The molecule has 0 radical (unpaired) electrons. The van der Waals surface area contributed by atoms with Crippen molar-refractivity contribution in [2.75, 3.05) is 11.9 Å². The predicted octanol–water partition coefficient (Wildman–Crippen LogP) is 5.83. The lowest BCUT2D eigenvalue weighted by Gasteiger charge is -2.14. The molecule has 3 aromatic carbocycles. The molecule has 0 atom stereocenters. The van der Waals surface area contributed by atoms with Crippen molar-refractivity contribution < 1.29 is 19.0 Å². The van der Waals surface area contributed by atoms with E-state index in [0.29, 0.717) is 30.0 Å². The van der Waals surface area contributed by atoms with Crippen molar-refractivity contribution in [1.82, 2.24) is 0 Å². The van der Waals surface area contributed by atoms with Crippen molar-refractivity contribution >= 4 is 33.6 Å². The van der Waals surface area contributed by atoms with Crippen LogP contribution in [0, 0.1) is 17.1 Å². The minimum Gasteiger partial charge on any atom is -0.508 e. The van der Waals surface area contributed by atoms with Gasteiger partial charge >= 0.3 is 0 Å². The van der Waals surface area contributed by atoms with Crippen molar-refractivity contribution in [2.45, 2.75) is 13.3 Å². The number of carbonyl (C=O) groups is 1. The Hall–Kier alpha value is -3.63. The molecule has 7 heteroatoms. The van der Waals surface area contributed by atoms with Crippen LogP contribution < -0.4 is 10.1 Å². The molecule has 32 heavy (non-hydrogen) atoms. The van der Waals surface area contributed by atoms with Gasteiger partial charge in [0.05, 0.1) is 6.61 Å². The Kier molecular flexibility index (Phi) is 7.63. The van der Waals surface area contributed by atoms with E-state index in [2.05, 4.69) is 21.2 Å². The smallest absolute Gasteiger partial charge is 0.266 e. The number of nitriles is 1. The number of phenolic OH excluding ortho intramolecular Hbond substituents is 1. The minimum atomic E-state index is -0.573. The third-order valence-electron chi connectivity index (χ3n) is 4.55. The van der Waals surface area contributed by atoms with E-state index in [-0.39, 0.29) is 17.1 Å². The standard InChI is InChI=1S/C25H20BrFN2O3/c1-2-32-24-14-17(13-23(26)22(24)12-16-4-3-5-19(27)11-16)10-18(15-28)25(31)29-20-6-8-21(30)9-7-20/h3-11,13-14,30H,2,12H2,1H3,(H,29,31)/b18-10+. The number of halogens is 2. The number of anilines is 1. The van der Waals surface area contributed by atoms with E-state index in [4.69, 9.17) is 4.74 Å². The van der Waals surface area contributed by atoms with Gasteiger partial charge in [-0.3, -0.25) is 4.79 Å². The van der Waals surface area contributed by atoms with E-state index >= 15 is 0 Å². The largest absolute Gasteiger partial charge is 0.508 e. The second kappa shape index (κ2) is 10.6. The van der Waals surface area contributed by atoms with Crippen molar-refractivity contribution in [3.05, 3.63) is 93.2 Å². The Morgan fingerprint density at radius 1 is 1.22 bits per heavy atom. The summed E-state index contributed by atoms with van der Waals surface area (Å²) in [4.78, 5) is 12.5. The molecule has 0 aliphatic heterocycles. The van der Waals surface area contributed by atoms with Crippen molar-refractivity contribution in [3.63, 3.8) is 0 Å². The summed E-state index contributed by atoms with van der Waals surface area (Å²) >= 11 is 3.54. The van der Waals surface area contributed by atoms with E-state index in [9.17, 15) is 19.6 Å². The van der Waals surface area contributed by atoms with Crippen LogP contribution >= 0.6 is 15.9 Å². The number of rotatable bonds is 7. The van der Waals surface area contributed by atoms with Gasteiger partial charge < -0.3 is 15.2 Å². The van der Waals surface area contributed by atoms with Crippen molar-refractivity contribution in [3.8, 4) is 17.6 Å². The summed E-state index contributed by atoms with van der Waals surface area (Å²) in [7, 11) is 0. The summed E-state index contributed by atoms with van der Waals surface area (Å²) in [5.41, 5.74) is 2.59. The van der Waals surface area contributed by atoms with Crippen LogP contribution in [0.5, 0.6) is 11.5 Å². The first-order chi connectivity index (χ1) is 15.4. The maximum absolute atomic E-state index is 13.6. The van der Waals surface area contributed by atoms with Crippen LogP contribution in [0.1, 0.15) is 23.6 Å². The number of aromatic hydroxyl groups is 1. The molecular formula is C25H20BrFN2O3. The molecule has 0 saturated heterocycles. The molecule has 162 valence electrons. The van der Waals surface area contributed by atoms with Gasteiger partial charge in [-0.05, 0) is 72.7 Å². The highest BCUT2D eigenvalue weighted by Crippen LogP contribution is 2.32. The molecule has 2 N–H and O–H groups in total. The lowest BCUT2D eigenvalue weighted by Crippen LogP contribution is -2.13. The van der Waals surface area contributed by atoms with Crippen LogP contribution in [0.25, 0.3) is 6.08 Å². The molecule has 0 spiro atoms. The molecule has 0 bridgehead atoms. The highest BCUT2D eigenvalue weighted by Gasteiger charge is 2.14. The SMILES string of the molecule is CCOc1cc(/C=C(\C#N)C(=O)Nc2ccc(O)cc2)cc(Br)c1Cc1cccc(F)c1. The lowest BCUT2D eigenvalue weighted by molar-refractivity contribution is -0.112. The second-order valence-electron chi connectivity index (χ2n) is 6.89. The maximum Gasteiger partial charge on any atom is 0.266 e. The summed E-state index contributed by atoms with van der Waals surface area (Å²) in [6.45, 7) is 2.27. The van der Waals surface area contributed by atoms with E-state index < -0.39 is 5.91 Å². The molecule has 0 aliphatic carbocycles. The number of carbonyl (C=O) groups excluding carboxylic acids is 1. The molecule has 0 unspecified atom stereocenters. The Morgan fingerprint density at radius 2 is 1.97 bits per heavy atom. The van der Waals surface area contributed by atoms with E-state index in [0.717, 1.165) is 15.6 Å². The van der Waals surface area contributed by atoms with Crippen molar-refractivity contribution in [1.29, 1.82) is 5.26 Å². The number of ether oxygens (including phenoxy) is 1. The number of nitrogens with zero attached hydrogens (tertiary/aromatic N) is 1. The first-order valence-electron chi connectivity index (χ1n) is 9.81. The minimum absolute atomic E-state index is 0.0747. The quantitative estimate of drug-likeness (QED) is 0.246. The highest BCUT2D eigenvalue weighted by atomic mass is 79.9. The molecule has 0 aliphatic rings. The van der Waals surface area contributed by atoms with E-state index in [1.165, 1.54) is 42.5 Å². The Balaban J connectivity index is 1.90. The van der Waals surface area contributed by atoms with E-state index in [1.807, 2.05) is 19.1 Å². The van der Waals surface area contributed by atoms with Crippen LogP contribution in [0.15, 0.2) is 70.7 Å². The molecular weight excluding hydrogens is 475 g/mol.